The van der Waals surface area contributed by atoms with Gasteiger partial charge in [0, 0.05) is 12.8 Å². The number of carboxylic acid groups (broad SMARTS) is 1. The first-order valence-electron chi connectivity index (χ1n) is 10.1. The van der Waals surface area contributed by atoms with E-state index in [9.17, 15) is 9.59 Å². The summed E-state index contributed by atoms with van der Waals surface area (Å²) < 4.78 is 0. The van der Waals surface area contributed by atoms with Gasteiger partial charge in [0.2, 0.25) is 5.91 Å². The summed E-state index contributed by atoms with van der Waals surface area (Å²) in [7, 11) is 0. The van der Waals surface area contributed by atoms with Crippen molar-refractivity contribution >= 4 is 11.9 Å². The molecule has 0 radical (unpaired) electrons. The lowest BCUT2D eigenvalue weighted by atomic mass is 10.0. The van der Waals surface area contributed by atoms with Gasteiger partial charge in [-0.1, -0.05) is 84.0 Å². The summed E-state index contributed by atoms with van der Waals surface area (Å²) in [6.07, 6.45) is 21.9. The first kappa shape index (κ1) is 23.5. The Kier molecular flexibility index (Phi) is 16.3. The highest BCUT2D eigenvalue weighted by molar-refractivity contribution is 5.83. The molecule has 0 fully saturated rings. The molecule has 25 heavy (non-hydrogen) atoms. The first-order valence-corrected chi connectivity index (χ1v) is 10.1. The van der Waals surface area contributed by atoms with E-state index in [1.54, 1.807) is 0 Å². The number of hydrogen-bond donors (Lipinski definition) is 2. The SMILES string of the molecule is C#CCC(NC(=O)CCCCCCCCCCCCCCC)C(=O)O. The van der Waals surface area contributed by atoms with Crippen LogP contribution in [0.15, 0.2) is 0 Å². The van der Waals surface area contributed by atoms with E-state index in [2.05, 4.69) is 18.2 Å². The Balaban J connectivity index is 3.39. The van der Waals surface area contributed by atoms with Gasteiger partial charge in [-0.05, 0) is 6.42 Å². The molecule has 4 heteroatoms. The number of carboxylic acids is 1. The minimum absolute atomic E-state index is 0.0275. The second-order valence-electron chi connectivity index (χ2n) is 6.86. The van der Waals surface area contributed by atoms with Crippen molar-refractivity contribution in [2.75, 3.05) is 0 Å². The third-order valence-electron chi connectivity index (χ3n) is 4.46. The number of carbonyl (C=O) groups excluding carboxylic acids is 1. The lowest BCUT2D eigenvalue weighted by Crippen LogP contribution is -2.40. The van der Waals surface area contributed by atoms with Crippen LogP contribution in [0.25, 0.3) is 0 Å². The van der Waals surface area contributed by atoms with Gasteiger partial charge in [0.05, 0.1) is 0 Å². The van der Waals surface area contributed by atoms with Crippen molar-refractivity contribution in [3.63, 3.8) is 0 Å². The number of carbonyl (C=O) groups is 2. The van der Waals surface area contributed by atoms with E-state index in [4.69, 9.17) is 11.5 Å². The molecule has 0 aromatic heterocycles. The summed E-state index contributed by atoms with van der Waals surface area (Å²) in [5.74, 6) is 0.987. The molecule has 1 amide bonds. The van der Waals surface area contributed by atoms with E-state index < -0.39 is 12.0 Å². The summed E-state index contributed by atoms with van der Waals surface area (Å²) in [6.45, 7) is 2.25. The molecule has 0 rings (SSSR count). The zero-order valence-corrected chi connectivity index (χ0v) is 16.0. The van der Waals surface area contributed by atoms with E-state index in [-0.39, 0.29) is 12.3 Å². The van der Waals surface area contributed by atoms with E-state index in [1.165, 1.54) is 64.2 Å². The minimum Gasteiger partial charge on any atom is -0.480 e. The second kappa shape index (κ2) is 17.3. The minimum atomic E-state index is -1.07. The first-order chi connectivity index (χ1) is 12.1. The van der Waals surface area contributed by atoms with Gasteiger partial charge in [-0.2, -0.15) is 0 Å². The number of aliphatic carboxylic acids is 1. The summed E-state index contributed by atoms with van der Waals surface area (Å²) in [6, 6.07) is -0.959. The predicted molar refractivity (Wildman–Crippen MR) is 103 cm³/mol. The van der Waals surface area contributed by atoms with Crippen molar-refractivity contribution in [3.05, 3.63) is 0 Å². The van der Waals surface area contributed by atoms with E-state index in [1.807, 2.05) is 0 Å². The van der Waals surface area contributed by atoms with Gasteiger partial charge in [0.25, 0.3) is 0 Å². The van der Waals surface area contributed by atoms with Crippen molar-refractivity contribution < 1.29 is 14.7 Å². The molecule has 0 spiro atoms. The summed E-state index contributed by atoms with van der Waals surface area (Å²) in [5.41, 5.74) is 0. The lowest BCUT2D eigenvalue weighted by Gasteiger charge is -2.11. The summed E-state index contributed by atoms with van der Waals surface area (Å²) >= 11 is 0. The Morgan fingerprint density at radius 3 is 1.72 bits per heavy atom. The fraction of sp³-hybridized carbons (Fsp3) is 0.810. The molecule has 1 unspecified atom stereocenters. The van der Waals surface area contributed by atoms with Crippen LogP contribution in [-0.2, 0) is 9.59 Å². The molecule has 144 valence electrons. The number of amides is 1. The molecule has 0 saturated heterocycles. The molecule has 0 saturated carbocycles. The quantitative estimate of drug-likeness (QED) is 0.284. The molecule has 0 aliphatic rings. The Morgan fingerprint density at radius 1 is 0.880 bits per heavy atom. The lowest BCUT2D eigenvalue weighted by molar-refractivity contribution is -0.141. The maximum absolute atomic E-state index is 11.7. The van der Waals surface area contributed by atoms with Crippen LogP contribution in [0, 0.1) is 12.3 Å². The van der Waals surface area contributed by atoms with Crippen molar-refractivity contribution in [3.8, 4) is 12.3 Å². The highest BCUT2D eigenvalue weighted by Crippen LogP contribution is 2.12. The zero-order valence-electron chi connectivity index (χ0n) is 16.0. The molecule has 2 N–H and O–H groups in total. The van der Waals surface area contributed by atoms with Gasteiger partial charge in [-0.3, -0.25) is 4.79 Å². The standard InChI is InChI=1S/C21H37NO3/c1-3-5-6-7-8-9-10-11-12-13-14-15-16-18-20(23)22-19(17-4-2)21(24)25/h2,19H,3,5-18H2,1H3,(H,22,23)(H,24,25). The molecule has 0 aromatic rings. The van der Waals surface area contributed by atoms with Crippen LogP contribution in [-0.4, -0.2) is 23.0 Å². The van der Waals surface area contributed by atoms with Crippen LogP contribution in [0.2, 0.25) is 0 Å². The van der Waals surface area contributed by atoms with Gasteiger partial charge >= 0.3 is 5.97 Å². The third kappa shape index (κ3) is 15.8. The topological polar surface area (TPSA) is 66.4 Å². The van der Waals surface area contributed by atoms with E-state index in [0.29, 0.717) is 6.42 Å². The fourth-order valence-electron chi connectivity index (χ4n) is 2.89. The maximum Gasteiger partial charge on any atom is 0.327 e. The Hall–Kier alpha value is -1.50. The summed E-state index contributed by atoms with van der Waals surface area (Å²) in [4.78, 5) is 22.6. The highest BCUT2D eigenvalue weighted by Gasteiger charge is 2.18. The molecule has 4 nitrogen and oxygen atoms in total. The molecule has 0 bridgehead atoms. The fourth-order valence-corrected chi connectivity index (χ4v) is 2.89. The molecular weight excluding hydrogens is 314 g/mol. The van der Waals surface area contributed by atoms with Crippen molar-refractivity contribution in [1.29, 1.82) is 0 Å². The largest absolute Gasteiger partial charge is 0.480 e. The number of terminal acetylenes is 1. The van der Waals surface area contributed by atoms with Crippen molar-refractivity contribution in [2.45, 2.75) is 109 Å². The zero-order chi connectivity index (χ0) is 18.8. The smallest absolute Gasteiger partial charge is 0.327 e. The Labute approximate surface area is 154 Å². The Bertz CT molecular complexity index is 387. The van der Waals surface area contributed by atoms with Gasteiger partial charge in [-0.15, -0.1) is 12.3 Å². The number of hydrogen-bond acceptors (Lipinski definition) is 2. The molecule has 0 heterocycles. The normalized spacial score (nSPS) is 11.7. The maximum atomic E-state index is 11.7. The van der Waals surface area contributed by atoms with E-state index >= 15 is 0 Å². The molecule has 0 aliphatic carbocycles. The van der Waals surface area contributed by atoms with Gasteiger partial charge in [0.15, 0.2) is 0 Å². The van der Waals surface area contributed by atoms with Crippen molar-refractivity contribution in [2.24, 2.45) is 0 Å². The summed E-state index contributed by atoms with van der Waals surface area (Å²) in [5, 5.41) is 11.4. The molecule has 0 aliphatic heterocycles. The average molecular weight is 352 g/mol. The average Bonchev–Trinajstić information content (AvgIpc) is 2.58. The van der Waals surface area contributed by atoms with Gasteiger partial charge < -0.3 is 10.4 Å². The van der Waals surface area contributed by atoms with Crippen LogP contribution >= 0.6 is 0 Å². The van der Waals surface area contributed by atoms with Crippen LogP contribution < -0.4 is 5.32 Å². The molecule has 1 atom stereocenters. The predicted octanol–water partition coefficient (Wildman–Crippen LogP) is 5.06. The van der Waals surface area contributed by atoms with Gasteiger partial charge in [0.1, 0.15) is 6.04 Å². The van der Waals surface area contributed by atoms with Crippen LogP contribution in [0.1, 0.15) is 103 Å². The Morgan fingerprint density at radius 2 is 1.32 bits per heavy atom. The monoisotopic (exact) mass is 351 g/mol. The molecular formula is C21H37NO3. The molecule has 0 aromatic carbocycles. The van der Waals surface area contributed by atoms with Crippen LogP contribution in [0.3, 0.4) is 0 Å². The number of rotatable bonds is 17. The van der Waals surface area contributed by atoms with Gasteiger partial charge in [-0.25, -0.2) is 4.79 Å². The second-order valence-corrected chi connectivity index (χ2v) is 6.86. The van der Waals surface area contributed by atoms with Crippen LogP contribution in [0.5, 0.6) is 0 Å². The van der Waals surface area contributed by atoms with E-state index in [0.717, 1.165) is 19.3 Å². The number of nitrogens with one attached hydrogen (secondary N) is 1. The van der Waals surface area contributed by atoms with Crippen molar-refractivity contribution in [1.82, 2.24) is 5.32 Å². The van der Waals surface area contributed by atoms with Crippen LogP contribution in [0.4, 0.5) is 0 Å². The third-order valence-corrected chi connectivity index (χ3v) is 4.46. The number of unbranched alkanes of at least 4 members (excludes halogenated alkanes) is 12. The highest BCUT2D eigenvalue weighted by atomic mass is 16.4.